The van der Waals surface area contributed by atoms with Crippen molar-refractivity contribution in [2.45, 2.75) is 37.5 Å². The second-order valence-electron chi connectivity index (χ2n) is 6.66. The molecule has 156 valence electrons. The lowest BCUT2D eigenvalue weighted by Crippen LogP contribution is -2.41. The summed E-state index contributed by atoms with van der Waals surface area (Å²) in [5, 5.41) is 3.84. The summed E-state index contributed by atoms with van der Waals surface area (Å²) in [4.78, 5) is 24.3. The van der Waals surface area contributed by atoms with Gasteiger partial charge in [0.05, 0.1) is 10.6 Å². The van der Waals surface area contributed by atoms with Crippen molar-refractivity contribution in [3.63, 3.8) is 0 Å². The van der Waals surface area contributed by atoms with Crippen molar-refractivity contribution in [1.82, 2.24) is 20.3 Å². The second kappa shape index (κ2) is 8.93. The molecule has 2 amide bonds. The van der Waals surface area contributed by atoms with Gasteiger partial charge in [0.1, 0.15) is 0 Å². The summed E-state index contributed by atoms with van der Waals surface area (Å²) in [6, 6.07) is 5.73. The number of aryl methyl sites for hydroxylation is 1. The molecular weight excluding hydrogens is 420 g/mol. The molecule has 2 heterocycles. The number of halogens is 1. The molecule has 0 bridgehead atoms. The van der Waals surface area contributed by atoms with Gasteiger partial charge in [-0.3, -0.25) is 20.4 Å². The number of sulfonamides is 1. The fraction of sp³-hybridized carbons (Fsp3) is 0.389. The monoisotopic (exact) mass is 440 g/mol. The predicted octanol–water partition coefficient (Wildman–Crippen LogP) is 1.81. The van der Waals surface area contributed by atoms with E-state index in [0.29, 0.717) is 30.8 Å². The molecule has 3 rings (SSSR count). The fourth-order valence-corrected chi connectivity index (χ4v) is 4.84. The standard InChI is InChI=1S/C18H21ClN4O5S/c1-12-15(17(19)28-22-12)7-8-16(24)20-21-18(25)13-5-4-6-14(11-13)29(26,27)23-9-2-3-10-23/h4-6,11H,2-3,7-10H2,1H3,(H,20,24)(H,21,25). The number of hydrogen-bond acceptors (Lipinski definition) is 6. The van der Waals surface area contributed by atoms with Gasteiger partial charge in [0.2, 0.25) is 21.1 Å². The highest BCUT2D eigenvalue weighted by atomic mass is 35.5. The number of hydrazine groups is 1. The minimum atomic E-state index is -3.63. The first-order chi connectivity index (χ1) is 13.8. The molecule has 29 heavy (non-hydrogen) atoms. The van der Waals surface area contributed by atoms with E-state index in [-0.39, 0.29) is 22.1 Å². The van der Waals surface area contributed by atoms with Gasteiger partial charge >= 0.3 is 0 Å². The first kappa shape index (κ1) is 21.3. The van der Waals surface area contributed by atoms with Crippen molar-refractivity contribution in [2.75, 3.05) is 13.1 Å². The summed E-state index contributed by atoms with van der Waals surface area (Å²) in [6.07, 6.45) is 2.01. The fourth-order valence-electron chi connectivity index (χ4n) is 3.02. The average Bonchev–Trinajstić information content (AvgIpc) is 3.36. The zero-order valence-electron chi connectivity index (χ0n) is 15.8. The number of nitrogens with zero attached hydrogens (tertiary/aromatic N) is 2. The molecule has 1 aliphatic rings. The van der Waals surface area contributed by atoms with Crippen LogP contribution >= 0.6 is 11.6 Å². The summed E-state index contributed by atoms with van der Waals surface area (Å²) in [7, 11) is -3.63. The van der Waals surface area contributed by atoms with Crippen LogP contribution < -0.4 is 10.9 Å². The van der Waals surface area contributed by atoms with Gasteiger partial charge in [0.25, 0.3) is 5.91 Å². The van der Waals surface area contributed by atoms with Crippen LogP contribution in [0, 0.1) is 6.92 Å². The van der Waals surface area contributed by atoms with Gasteiger partial charge in [0.15, 0.2) is 0 Å². The lowest BCUT2D eigenvalue weighted by atomic mass is 10.1. The van der Waals surface area contributed by atoms with Crippen LogP contribution in [0.3, 0.4) is 0 Å². The maximum Gasteiger partial charge on any atom is 0.269 e. The second-order valence-corrected chi connectivity index (χ2v) is 8.94. The van der Waals surface area contributed by atoms with Crippen molar-refractivity contribution in [1.29, 1.82) is 0 Å². The number of nitrogens with one attached hydrogen (secondary N) is 2. The minimum absolute atomic E-state index is 0.0518. The molecule has 1 saturated heterocycles. The van der Waals surface area contributed by atoms with Crippen LogP contribution in [0.25, 0.3) is 0 Å². The molecule has 1 aromatic heterocycles. The molecule has 0 radical (unpaired) electrons. The van der Waals surface area contributed by atoms with Crippen LogP contribution in [0.1, 0.15) is 40.9 Å². The quantitative estimate of drug-likeness (QED) is 0.660. The summed E-state index contributed by atoms with van der Waals surface area (Å²) < 4.78 is 31.5. The van der Waals surface area contributed by atoms with E-state index in [1.54, 1.807) is 6.92 Å². The van der Waals surface area contributed by atoms with Crippen LogP contribution in [0.15, 0.2) is 33.7 Å². The maximum atomic E-state index is 12.6. The van der Waals surface area contributed by atoms with Crippen LogP contribution in [0.4, 0.5) is 0 Å². The van der Waals surface area contributed by atoms with E-state index in [9.17, 15) is 18.0 Å². The number of benzene rings is 1. The Labute approximate surface area is 173 Å². The molecule has 11 heteroatoms. The molecule has 0 spiro atoms. The van der Waals surface area contributed by atoms with Gasteiger partial charge in [-0.1, -0.05) is 11.2 Å². The lowest BCUT2D eigenvalue weighted by molar-refractivity contribution is -0.121. The van der Waals surface area contributed by atoms with Gasteiger partial charge in [-0.15, -0.1) is 0 Å². The average molecular weight is 441 g/mol. The third-order valence-corrected chi connectivity index (χ3v) is 6.85. The van der Waals surface area contributed by atoms with Crippen molar-refractivity contribution >= 4 is 33.4 Å². The molecular formula is C18H21ClN4O5S. The molecule has 0 unspecified atom stereocenters. The van der Waals surface area contributed by atoms with E-state index in [4.69, 9.17) is 16.1 Å². The Morgan fingerprint density at radius 1 is 1.24 bits per heavy atom. The molecule has 9 nitrogen and oxygen atoms in total. The SMILES string of the molecule is Cc1noc(Cl)c1CCC(=O)NNC(=O)c1cccc(S(=O)(=O)N2CCCC2)c1. The van der Waals surface area contributed by atoms with Crippen molar-refractivity contribution in [3.8, 4) is 0 Å². The normalized spacial score (nSPS) is 14.7. The Balaban J connectivity index is 1.57. The Kier molecular flexibility index (Phi) is 6.56. The van der Waals surface area contributed by atoms with E-state index in [2.05, 4.69) is 16.0 Å². The number of amides is 2. The van der Waals surface area contributed by atoms with Gasteiger partial charge in [-0.05, 0) is 56.0 Å². The summed E-state index contributed by atoms with van der Waals surface area (Å²) >= 11 is 5.85. The topological polar surface area (TPSA) is 122 Å². The van der Waals surface area contributed by atoms with Crippen LogP contribution in [-0.2, 0) is 21.2 Å². The molecule has 1 aromatic carbocycles. The smallest absolute Gasteiger partial charge is 0.269 e. The number of hydrogen-bond donors (Lipinski definition) is 2. The van der Waals surface area contributed by atoms with Crippen LogP contribution in [0.2, 0.25) is 5.22 Å². The molecule has 2 N–H and O–H groups in total. The van der Waals surface area contributed by atoms with E-state index >= 15 is 0 Å². The lowest BCUT2D eigenvalue weighted by Gasteiger charge is -2.16. The van der Waals surface area contributed by atoms with Gasteiger partial charge in [0, 0.05) is 30.6 Å². The maximum absolute atomic E-state index is 12.6. The third kappa shape index (κ3) is 4.95. The third-order valence-electron chi connectivity index (χ3n) is 4.65. The molecule has 1 fully saturated rings. The largest absolute Gasteiger partial charge is 0.344 e. The highest BCUT2D eigenvalue weighted by molar-refractivity contribution is 7.89. The van der Waals surface area contributed by atoms with Crippen molar-refractivity contribution < 1.29 is 22.5 Å². The first-order valence-electron chi connectivity index (χ1n) is 9.09. The number of aromatic nitrogens is 1. The molecule has 0 aliphatic carbocycles. The highest BCUT2D eigenvalue weighted by Crippen LogP contribution is 2.22. The number of rotatable bonds is 6. The molecule has 0 saturated carbocycles. The Hall–Kier alpha value is -2.43. The van der Waals surface area contributed by atoms with Crippen LogP contribution in [-0.4, -0.2) is 42.8 Å². The minimum Gasteiger partial charge on any atom is -0.344 e. The van der Waals surface area contributed by atoms with Gasteiger partial charge < -0.3 is 4.52 Å². The van der Waals surface area contributed by atoms with Crippen molar-refractivity contribution in [3.05, 3.63) is 46.3 Å². The zero-order chi connectivity index (χ0) is 21.0. The molecule has 1 aliphatic heterocycles. The predicted molar refractivity (Wildman–Crippen MR) is 105 cm³/mol. The Morgan fingerprint density at radius 3 is 2.62 bits per heavy atom. The van der Waals surface area contributed by atoms with E-state index in [1.165, 1.54) is 28.6 Å². The summed E-state index contributed by atoms with van der Waals surface area (Å²) in [5.41, 5.74) is 5.95. The van der Waals surface area contributed by atoms with Gasteiger partial charge in [-0.25, -0.2) is 8.42 Å². The first-order valence-corrected chi connectivity index (χ1v) is 10.9. The number of carbonyl (C=O) groups is 2. The van der Waals surface area contributed by atoms with Crippen LogP contribution in [0.5, 0.6) is 0 Å². The Bertz CT molecular complexity index is 996. The summed E-state index contributed by atoms with van der Waals surface area (Å²) in [6.45, 7) is 2.67. The zero-order valence-corrected chi connectivity index (χ0v) is 17.3. The molecule has 2 aromatic rings. The van der Waals surface area contributed by atoms with Crippen molar-refractivity contribution in [2.24, 2.45) is 0 Å². The van der Waals surface area contributed by atoms with E-state index in [0.717, 1.165) is 12.8 Å². The summed E-state index contributed by atoms with van der Waals surface area (Å²) in [5.74, 6) is -1.05. The van der Waals surface area contributed by atoms with Gasteiger partial charge in [-0.2, -0.15) is 4.31 Å². The number of carbonyl (C=O) groups excluding carboxylic acids is 2. The Morgan fingerprint density at radius 2 is 1.97 bits per heavy atom. The van der Waals surface area contributed by atoms with E-state index < -0.39 is 21.8 Å². The molecule has 0 atom stereocenters. The highest BCUT2D eigenvalue weighted by Gasteiger charge is 2.27. The van der Waals surface area contributed by atoms with E-state index in [1.807, 2.05) is 0 Å².